The maximum absolute atomic E-state index is 12.4. The molecule has 1 amide bonds. The van der Waals surface area contributed by atoms with E-state index in [2.05, 4.69) is 4.98 Å². The molecule has 0 atom stereocenters. The number of anilines is 1. The number of aromatic nitrogens is 1. The molecule has 1 aromatic carbocycles. The van der Waals surface area contributed by atoms with E-state index in [1.165, 1.54) is 0 Å². The van der Waals surface area contributed by atoms with Gasteiger partial charge in [-0.05, 0) is 18.2 Å². The predicted octanol–water partition coefficient (Wildman–Crippen LogP) is 2.05. The van der Waals surface area contributed by atoms with E-state index in [4.69, 9.17) is 5.73 Å². The Bertz CT molecular complexity index is 619. The topological polar surface area (TPSA) is 59.2 Å². The van der Waals surface area contributed by atoms with Gasteiger partial charge in [0.2, 0.25) is 0 Å². The first-order valence-electron chi connectivity index (χ1n) is 6.09. The molecule has 1 saturated carbocycles. The molecule has 2 N–H and O–H groups in total. The Morgan fingerprint density at radius 3 is 2.67 bits per heavy atom. The van der Waals surface area contributed by atoms with E-state index in [0.29, 0.717) is 17.4 Å². The highest BCUT2D eigenvalue weighted by Gasteiger charge is 2.30. The molecule has 0 spiro atoms. The summed E-state index contributed by atoms with van der Waals surface area (Å²) in [4.78, 5) is 18.3. The highest BCUT2D eigenvalue weighted by molar-refractivity contribution is 6.09. The van der Waals surface area contributed by atoms with Crippen LogP contribution in [-0.2, 0) is 0 Å². The third kappa shape index (κ3) is 1.70. The Morgan fingerprint density at radius 2 is 2.00 bits per heavy atom. The van der Waals surface area contributed by atoms with Gasteiger partial charge in [0.25, 0.3) is 5.91 Å². The van der Waals surface area contributed by atoms with Gasteiger partial charge in [0.15, 0.2) is 0 Å². The van der Waals surface area contributed by atoms with Gasteiger partial charge < -0.3 is 10.6 Å². The summed E-state index contributed by atoms with van der Waals surface area (Å²) < 4.78 is 0. The van der Waals surface area contributed by atoms with Crippen molar-refractivity contribution in [1.29, 1.82) is 0 Å². The van der Waals surface area contributed by atoms with Crippen LogP contribution in [0.25, 0.3) is 10.8 Å². The molecule has 0 saturated heterocycles. The smallest absolute Gasteiger partial charge is 0.256 e. The van der Waals surface area contributed by atoms with Crippen LogP contribution in [0.4, 0.5) is 5.82 Å². The quantitative estimate of drug-likeness (QED) is 0.875. The van der Waals surface area contributed by atoms with Crippen molar-refractivity contribution in [3.8, 4) is 0 Å². The maximum atomic E-state index is 12.4. The number of carbonyl (C=O) groups excluding carboxylic acids is 1. The van der Waals surface area contributed by atoms with Gasteiger partial charge in [-0.3, -0.25) is 4.79 Å². The summed E-state index contributed by atoms with van der Waals surface area (Å²) in [5.74, 6) is 0.498. The Balaban J connectivity index is 2.11. The summed E-state index contributed by atoms with van der Waals surface area (Å²) in [7, 11) is 1.85. The fraction of sp³-hybridized carbons (Fsp3) is 0.286. The van der Waals surface area contributed by atoms with Crippen LogP contribution in [0.5, 0.6) is 0 Å². The van der Waals surface area contributed by atoms with E-state index in [9.17, 15) is 4.79 Å². The van der Waals surface area contributed by atoms with Crippen molar-refractivity contribution in [3.05, 3.63) is 36.0 Å². The molecular formula is C14H15N3O. The van der Waals surface area contributed by atoms with Crippen molar-refractivity contribution in [3.63, 3.8) is 0 Å². The minimum absolute atomic E-state index is 0.0289. The number of fused-ring (bicyclic) bond motifs is 1. The molecule has 0 aliphatic heterocycles. The first-order valence-corrected chi connectivity index (χ1v) is 6.09. The molecule has 0 bridgehead atoms. The number of nitrogens with zero attached hydrogens (tertiary/aromatic N) is 2. The summed E-state index contributed by atoms with van der Waals surface area (Å²) in [6, 6.07) is 8.02. The first-order chi connectivity index (χ1) is 8.68. The minimum atomic E-state index is 0.0289. The van der Waals surface area contributed by atoms with Crippen LogP contribution >= 0.6 is 0 Å². The number of hydrogen-bond donors (Lipinski definition) is 1. The second-order valence-electron chi connectivity index (χ2n) is 4.75. The number of nitrogen functional groups attached to an aromatic ring is 1. The van der Waals surface area contributed by atoms with Crippen molar-refractivity contribution in [2.75, 3.05) is 12.8 Å². The van der Waals surface area contributed by atoms with E-state index in [1.807, 2.05) is 31.3 Å². The summed E-state index contributed by atoms with van der Waals surface area (Å²) in [5, 5.41) is 1.72. The summed E-state index contributed by atoms with van der Waals surface area (Å²) in [6.07, 6.45) is 3.78. The van der Waals surface area contributed by atoms with Gasteiger partial charge in [-0.15, -0.1) is 0 Å². The lowest BCUT2D eigenvalue weighted by molar-refractivity contribution is 0.0786. The monoisotopic (exact) mass is 241 g/mol. The molecule has 1 aliphatic rings. The highest BCUT2D eigenvalue weighted by Crippen LogP contribution is 2.29. The Kier molecular flexibility index (Phi) is 2.44. The predicted molar refractivity (Wildman–Crippen MR) is 71.3 cm³/mol. The van der Waals surface area contributed by atoms with Crippen LogP contribution in [0.3, 0.4) is 0 Å². The van der Waals surface area contributed by atoms with Crippen molar-refractivity contribution in [2.45, 2.75) is 18.9 Å². The molecule has 0 unspecified atom stereocenters. The molecule has 1 heterocycles. The van der Waals surface area contributed by atoms with Gasteiger partial charge in [-0.2, -0.15) is 0 Å². The van der Waals surface area contributed by atoms with Gasteiger partial charge >= 0.3 is 0 Å². The standard InChI is InChI=1S/C14H15N3O/c1-17(9-6-7-9)14(18)12-8-16-13(15)11-5-3-2-4-10(11)12/h2-5,8-9H,6-7H2,1H3,(H2,15,16). The number of pyridine rings is 1. The molecule has 1 aliphatic carbocycles. The normalized spacial score (nSPS) is 14.7. The van der Waals surface area contributed by atoms with Crippen molar-refractivity contribution < 1.29 is 4.79 Å². The SMILES string of the molecule is CN(C(=O)c1cnc(N)c2ccccc12)C1CC1. The van der Waals surface area contributed by atoms with E-state index in [-0.39, 0.29) is 5.91 Å². The lowest BCUT2D eigenvalue weighted by atomic mass is 10.1. The molecule has 0 radical (unpaired) electrons. The average molecular weight is 241 g/mol. The van der Waals surface area contributed by atoms with Crippen molar-refractivity contribution >= 4 is 22.5 Å². The zero-order valence-corrected chi connectivity index (χ0v) is 10.3. The second kappa shape index (κ2) is 3.98. The molecule has 4 heteroatoms. The number of carbonyl (C=O) groups is 1. The molecular weight excluding hydrogens is 226 g/mol. The molecule has 1 aromatic heterocycles. The van der Waals surface area contributed by atoms with Gasteiger partial charge in [0.05, 0.1) is 5.56 Å². The van der Waals surface area contributed by atoms with Gasteiger partial charge in [0.1, 0.15) is 5.82 Å². The van der Waals surface area contributed by atoms with Crippen LogP contribution < -0.4 is 5.73 Å². The zero-order chi connectivity index (χ0) is 12.7. The number of rotatable bonds is 2. The zero-order valence-electron chi connectivity index (χ0n) is 10.3. The van der Waals surface area contributed by atoms with Crippen LogP contribution in [0.15, 0.2) is 30.5 Å². The number of amides is 1. The Labute approximate surface area is 105 Å². The third-order valence-electron chi connectivity index (χ3n) is 3.47. The van der Waals surface area contributed by atoms with E-state index in [0.717, 1.165) is 23.6 Å². The first kappa shape index (κ1) is 11.0. The number of hydrogen-bond acceptors (Lipinski definition) is 3. The lowest BCUT2D eigenvalue weighted by Gasteiger charge is -2.17. The van der Waals surface area contributed by atoms with Crippen LogP contribution in [0.2, 0.25) is 0 Å². The number of nitrogens with two attached hydrogens (primary N) is 1. The third-order valence-corrected chi connectivity index (χ3v) is 3.47. The average Bonchev–Trinajstić information content (AvgIpc) is 3.22. The summed E-state index contributed by atoms with van der Waals surface area (Å²) in [6.45, 7) is 0. The molecule has 2 aromatic rings. The molecule has 1 fully saturated rings. The molecule has 3 rings (SSSR count). The Hall–Kier alpha value is -2.10. The van der Waals surface area contributed by atoms with E-state index in [1.54, 1.807) is 11.1 Å². The van der Waals surface area contributed by atoms with E-state index < -0.39 is 0 Å². The maximum Gasteiger partial charge on any atom is 0.256 e. The molecule has 4 nitrogen and oxygen atoms in total. The lowest BCUT2D eigenvalue weighted by Crippen LogP contribution is -2.29. The second-order valence-corrected chi connectivity index (χ2v) is 4.75. The van der Waals surface area contributed by atoms with Crippen LogP contribution in [0, 0.1) is 0 Å². The van der Waals surface area contributed by atoms with Crippen molar-refractivity contribution in [2.24, 2.45) is 0 Å². The summed E-state index contributed by atoms with van der Waals surface area (Å²) in [5.41, 5.74) is 6.47. The van der Waals surface area contributed by atoms with E-state index >= 15 is 0 Å². The van der Waals surface area contributed by atoms with Gasteiger partial charge in [-0.1, -0.05) is 24.3 Å². The van der Waals surface area contributed by atoms with Crippen LogP contribution in [-0.4, -0.2) is 28.9 Å². The van der Waals surface area contributed by atoms with Gasteiger partial charge in [-0.25, -0.2) is 4.98 Å². The van der Waals surface area contributed by atoms with Crippen molar-refractivity contribution in [1.82, 2.24) is 9.88 Å². The van der Waals surface area contributed by atoms with Gasteiger partial charge in [0, 0.05) is 24.7 Å². The van der Waals surface area contributed by atoms with Crippen LogP contribution in [0.1, 0.15) is 23.2 Å². The highest BCUT2D eigenvalue weighted by atomic mass is 16.2. The number of benzene rings is 1. The minimum Gasteiger partial charge on any atom is -0.383 e. The fourth-order valence-corrected chi connectivity index (χ4v) is 2.20. The molecule has 92 valence electrons. The molecule has 18 heavy (non-hydrogen) atoms. The largest absolute Gasteiger partial charge is 0.383 e. The fourth-order valence-electron chi connectivity index (χ4n) is 2.20. The summed E-state index contributed by atoms with van der Waals surface area (Å²) >= 11 is 0. The Morgan fingerprint density at radius 1 is 1.33 bits per heavy atom.